The molecule has 0 saturated heterocycles. The van der Waals surface area contributed by atoms with Gasteiger partial charge in [-0.2, -0.15) is 0 Å². The molecule has 0 aromatic rings. The van der Waals surface area contributed by atoms with Crippen molar-refractivity contribution in [3.63, 3.8) is 0 Å². The first kappa shape index (κ1) is 22.4. The maximum absolute atomic E-state index is 12.7. The molecular formula is C19H34N2O5. The molecule has 2 unspecified atom stereocenters. The van der Waals surface area contributed by atoms with Crippen LogP contribution in [0.5, 0.6) is 0 Å². The summed E-state index contributed by atoms with van der Waals surface area (Å²) < 4.78 is 10.8. The molecule has 1 rings (SSSR count). The minimum Gasteiger partial charge on any atom is -0.443 e. The van der Waals surface area contributed by atoms with Gasteiger partial charge in [0.2, 0.25) is 0 Å². The molecule has 1 aliphatic rings. The van der Waals surface area contributed by atoms with Gasteiger partial charge in [-0.25, -0.2) is 14.5 Å². The Balaban J connectivity index is 3.04. The van der Waals surface area contributed by atoms with E-state index in [1.807, 2.05) is 19.0 Å². The predicted octanol–water partition coefficient (Wildman–Crippen LogP) is 3.46. The van der Waals surface area contributed by atoms with E-state index in [2.05, 4.69) is 0 Å². The van der Waals surface area contributed by atoms with Gasteiger partial charge in [0.15, 0.2) is 0 Å². The van der Waals surface area contributed by atoms with Crippen LogP contribution in [0.4, 0.5) is 9.59 Å². The van der Waals surface area contributed by atoms with Crippen molar-refractivity contribution in [2.45, 2.75) is 78.0 Å². The van der Waals surface area contributed by atoms with Crippen molar-refractivity contribution in [1.82, 2.24) is 9.80 Å². The SMILES string of the molecule is CN(C)CC1CC(N(C(=O)OC(C)(C)C)C(=O)OC(C)(C)C)CCC1=O. The molecule has 1 aliphatic carbocycles. The number of carbonyl (C=O) groups is 3. The summed E-state index contributed by atoms with van der Waals surface area (Å²) in [6, 6.07) is -0.414. The Morgan fingerprint density at radius 3 is 1.85 bits per heavy atom. The highest BCUT2D eigenvalue weighted by atomic mass is 16.6. The second-order valence-corrected chi connectivity index (χ2v) is 9.18. The van der Waals surface area contributed by atoms with E-state index in [4.69, 9.17) is 9.47 Å². The zero-order valence-corrected chi connectivity index (χ0v) is 17.4. The first-order valence-electron chi connectivity index (χ1n) is 9.12. The third-order valence-corrected chi connectivity index (χ3v) is 3.87. The minimum atomic E-state index is -0.731. The van der Waals surface area contributed by atoms with Crippen molar-refractivity contribution in [1.29, 1.82) is 0 Å². The summed E-state index contributed by atoms with van der Waals surface area (Å²) in [6.07, 6.45) is -0.258. The second-order valence-electron chi connectivity index (χ2n) is 9.18. The number of imide groups is 1. The summed E-state index contributed by atoms with van der Waals surface area (Å²) in [6.45, 7) is 11.1. The number of ketones is 1. The van der Waals surface area contributed by atoms with Gasteiger partial charge in [0.25, 0.3) is 0 Å². The molecule has 0 bridgehead atoms. The van der Waals surface area contributed by atoms with E-state index in [-0.39, 0.29) is 11.7 Å². The summed E-state index contributed by atoms with van der Waals surface area (Å²) in [5, 5.41) is 0. The Labute approximate surface area is 157 Å². The number of hydrogen-bond donors (Lipinski definition) is 0. The molecule has 26 heavy (non-hydrogen) atoms. The highest BCUT2D eigenvalue weighted by Crippen LogP contribution is 2.28. The summed E-state index contributed by atoms with van der Waals surface area (Å²) in [5.74, 6) is -0.0422. The van der Waals surface area contributed by atoms with Crippen LogP contribution in [0.1, 0.15) is 60.8 Å². The van der Waals surface area contributed by atoms with E-state index < -0.39 is 29.4 Å². The molecule has 1 saturated carbocycles. The fraction of sp³-hybridized carbons (Fsp3) is 0.842. The van der Waals surface area contributed by atoms with E-state index in [0.29, 0.717) is 25.8 Å². The van der Waals surface area contributed by atoms with Gasteiger partial charge in [0.05, 0.1) is 0 Å². The van der Waals surface area contributed by atoms with Gasteiger partial charge in [0, 0.05) is 24.9 Å². The number of Topliss-reactive ketones (excluding diaryl/α,β-unsaturated/α-hetero) is 1. The zero-order chi connectivity index (χ0) is 20.3. The van der Waals surface area contributed by atoms with Crippen LogP contribution in [-0.4, -0.2) is 65.7 Å². The molecule has 150 valence electrons. The lowest BCUT2D eigenvalue weighted by atomic mass is 9.83. The maximum atomic E-state index is 12.7. The highest BCUT2D eigenvalue weighted by Gasteiger charge is 2.41. The number of carbonyl (C=O) groups excluding carboxylic acids is 3. The first-order chi connectivity index (χ1) is 11.7. The fourth-order valence-corrected chi connectivity index (χ4v) is 2.94. The standard InChI is InChI=1S/C19H34N2O5/c1-18(2,3)25-16(23)21(17(24)26-19(4,5)6)14-9-10-15(22)13(11-14)12-20(7)8/h13-14H,9-12H2,1-8H3. The Bertz CT molecular complexity index is 503. The van der Waals surface area contributed by atoms with E-state index >= 15 is 0 Å². The molecule has 0 spiro atoms. The van der Waals surface area contributed by atoms with E-state index in [1.54, 1.807) is 41.5 Å². The molecule has 0 aliphatic heterocycles. The second kappa shape index (κ2) is 8.37. The van der Waals surface area contributed by atoms with E-state index in [9.17, 15) is 14.4 Å². The van der Waals surface area contributed by atoms with Crippen molar-refractivity contribution >= 4 is 18.0 Å². The summed E-state index contributed by atoms with van der Waals surface area (Å²) in [7, 11) is 3.80. The molecule has 1 fully saturated rings. The molecule has 0 N–H and O–H groups in total. The Morgan fingerprint density at radius 1 is 1.00 bits per heavy atom. The number of ether oxygens (including phenoxy) is 2. The van der Waals surface area contributed by atoms with Gasteiger partial charge in [0.1, 0.15) is 17.0 Å². The third kappa shape index (κ3) is 7.32. The molecule has 2 amide bonds. The van der Waals surface area contributed by atoms with Crippen molar-refractivity contribution in [3.8, 4) is 0 Å². The highest BCUT2D eigenvalue weighted by molar-refractivity contribution is 5.89. The summed E-state index contributed by atoms with van der Waals surface area (Å²) in [4.78, 5) is 40.6. The normalized spacial score (nSPS) is 21.5. The molecule has 0 aromatic heterocycles. The zero-order valence-electron chi connectivity index (χ0n) is 17.4. The van der Waals surface area contributed by atoms with Gasteiger partial charge in [-0.3, -0.25) is 4.79 Å². The molecule has 0 radical (unpaired) electrons. The van der Waals surface area contributed by atoms with Crippen LogP contribution < -0.4 is 0 Å². The molecule has 0 aromatic carbocycles. The summed E-state index contributed by atoms with van der Waals surface area (Å²) >= 11 is 0. The van der Waals surface area contributed by atoms with Crippen molar-refractivity contribution in [2.24, 2.45) is 5.92 Å². The molecule has 7 heteroatoms. The smallest absolute Gasteiger partial charge is 0.420 e. The number of hydrogen-bond acceptors (Lipinski definition) is 6. The van der Waals surface area contributed by atoms with Crippen LogP contribution in [0.2, 0.25) is 0 Å². The monoisotopic (exact) mass is 370 g/mol. The first-order valence-corrected chi connectivity index (χ1v) is 9.12. The Hall–Kier alpha value is -1.63. The Morgan fingerprint density at radius 2 is 1.46 bits per heavy atom. The van der Waals surface area contributed by atoms with Crippen LogP contribution in [0, 0.1) is 5.92 Å². The van der Waals surface area contributed by atoms with Crippen LogP contribution in [0.15, 0.2) is 0 Å². The van der Waals surface area contributed by atoms with E-state index in [1.165, 1.54) is 0 Å². The molecule has 7 nitrogen and oxygen atoms in total. The van der Waals surface area contributed by atoms with Crippen molar-refractivity contribution in [2.75, 3.05) is 20.6 Å². The Kier molecular flexibility index (Phi) is 7.22. The lowest BCUT2D eigenvalue weighted by Crippen LogP contribution is -2.52. The molecule has 0 heterocycles. The predicted molar refractivity (Wildman–Crippen MR) is 99.0 cm³/mol. The van der Waals surface area contributed by atoms with Gasteiger partial charge < -0.3 is 14.4 Å². The van der Waals surface area contributed by atoms with Crippen molar-refractivity contribution < 1.29 is 23.9 Å². The lowest BCUT2D eigenvalue weighted by molar-refractivity contribution is -0.126. The van der Waals surface area contributed by atoms with Crippen LogP contribution in [0.3, 0.4) is 0 Å². The molecule has 2 atom stereocenters. The number of rotatable bonds is 3. The fourth-order valence-electron chi connectivity index (χ4n) is 2.94. The third-order valence-electron chi connectivity index (χ3n) is 3.87. The number of nitrogens with zero attached hydrogens (tertiary/aromatic N) is 2. The van der Waals surface area contributed by atoms with Gasteiger partial charge in [-0.05, 0) is 68.5 Å². The summed E-state index contributed by atoms with van der Waals surface area (Å²) in [5.41, 5.74) is -1.46. The average Bonchev–Trinajstić information content (AvgIpc) is 2.37. The van der Waals surface area contributed by atoms with E-state index in [0.717, 1.165) is 4.90 Å². The lowest BCUT2D eigenvalue weighted by Gasteiger charge is -2.37. The van der Waals surface area contributed by atoms with Crippen LogP contribution in [0.25, 0.3) is 0 Å². The quantitative estimate of drug-likeness (QED) is 0.757. The maximum Gasteiger partial charge on any atom is 0.420 e. The van der Waals surface area contributed by atoms with Gasteiger partial charge in [-0.1, -0.05) is 0 Å². The van der Waals surface area contributed by atoms with Crippen molar-refractivity contribution in [3.05, 3.63) is 0 Å². The topological polar surface area (TPSA) is 76.2 Å². The van der Waals surface area contributed by atoms with Gasteiger partial charge >= 0.3 is 12.2 Å². The minimum absolute atomic E-state index is 0.170. The largest absolute Gasteiger partial charge is 0.443 e. The van der Waals surface area contributed by atoms with Crippen LogP contribution in [-0.2, 0) is 14.3 Å². The number of amides is 2. The van der Waals surface area contributed by atoms with Gasteiger partial charge in [-0.15, -0.1) is 0 Å². The molecular weight excluding hydrogens is 336 g/mol. The average molecular weight is 370 g/mol. The van der Waals surface area contributed by atoms with Crippen LogP contribution >= 0.6 is 0 Å².